The van der Waals surface area contributed by atoms with Crippen LogP contribution in [0.5, 0.6) is 0 Å². The minimum atomic E-state index is 0.0534. The molecular weight excluding hydrogens is 180 g/mol. The zero-order valence-electron chi connectivity index (χ0n) is 6.38. The second-order valence-corrected chi connectivity index (χ2v) is 3.50. The summed E-state index contributed by atoms with van der Waals surface area (Å²) in [6.45, 7) is 1.87. The van der Waals surface area contributed by atoms with Gasteiger partial charge in [0.1, 0.15) is 0 Å². The first-order valence-corrected chi connectivity index (χ1v) is 5.10. The van der Waals surface area contributed by atoms with Gasteiger partial charge in [-0.15, -0.1) is 0 Å². The summed E-state index contributed by atoms with van der Waals surface area (Å²) in [6, 6.07) is 0. The van der Waals surface area contributed by atoms with Crippen LogP contribution in [0.15, 0.2) is 0 Å². The molecular formula is C6H14N2OS2. The van der Waals surface area contributed by atoms with Crippen LogP contribution in [0.1, 0.15) is 0 Å². The second-order valence-electron chi connectivity index (χ2n) is 1.90. The van der Waals surface area contributed by atoms with E-state index in [1.54, 1.807) is 0 Å². The minimum absolute atomic E-state index is 0.0534. The monoisotopic (exact) mass is 194 g/mol. The Morgan fingerprint density at radius 3 is 2.82 bits per heavy atom. The fourth-order valence-corrected chi connectivity index (χ4v) is 1.25. The maximum Gasteiger partial charge on any atom is 0.202 e. The molecule has 0 aromatic rings. The van der Waals surface area contributed by atoms with Gasteiger partial charge in [0.25, 0.3) is 0 Å². The number of carbonyl (C=O) groups excluding carboxylic acids is 1. The average molecular weight is 194 g/mol. The van der Waals surface area contributed by atoms with E-state index in [9.17, 15) is 4.79 Å². The maximum absolute atomic E-state index is 10.6. The predicted octanol–water partition coefficient (Wildman–Crippen LogP) is -0.276. The van der Waals surface area contributed by atoms with Gasteiger partial charge >= 0.3 is 0 Å². The van der Waals surface area contributed by atoms with E-state index >= 15 is 0 Å². The number of hydrogen-bond acceptors (Lipinski definition) is 5. The van der Waals surface area contributed by atoms with Crippen molar-refractivity contribution in [2.24, 2.45) is 5.73 Å². The lowest BCUT2D eigenvalue weighted by Crippen LogP contribution is -2.20. The summed E-state index contributed by atoms with van der Waals surface area (Å²) in [5, 5.41) is 3.18. The lowest BCUT2D eigenvalue weighted by atomic mass is 10.7. The van der Waals surface area contributed by atoms with Gasteiger partial charge in [-0.2, -0.15) is 12.6 Å². The fraction of sp³-hybridized carbons (Fsp3) is 0.833. The van der Waals surface area contributed by atoms with Crippen LogP contribution in [0.3, 0.4) is 0 Å². The van der Waals surface area contributed by atoms with Gasteiger partial charge in [0.15, 0.2) is 0 Å². The van der Waals surface area contributed by atoms with Crippen molar-refractivity contribution in [1.82, 2.24) is 5.32 Å². The Morgan fingerprint density at radius 2 is 2.27 bits per heavy atom. The van der Waals surface area contributed by atoms with Crippen LogP contribution in [0.4, 0.5) is 0 Å². The third kappa shape index (κ3) is 8.19. The molecule has 3 nitrogen and oxygen atoms in total. The molecule has 0 aliphatic heterocycles. The van der Waals surface area contributed by atoms with Crippen LogP contribution >= 0.6 is 24.4 Å². The molecule has 0 aromatic heterocycles. The number of carbonyl (C=O) groups is 1. The van der Waals surface area contributed by atoms with Crippen molar-refractivity contribution in [2.75, 3.05) is 31.1 Å². The van der Waals surface area contributed by atoms with Crippen molar-refractivity contribution >= 4 is 29.5 Å². The number of nitrogens with one attached hydrogen (secondary N) is 1. The molecule has 0 bridgehead atoms. The lowest BCUT2D eigenvalue weighted by molar-refractivity contribution is -0.109. The quantitative estimate of drug-likeness (QED) is 0.402. The van der Waals surface area contributed by atoms with Gasteiger partial charge < -0.3 is 11.1 Å². The van der Waals surface area contributed by atoms with Crippen LogP contribution in [-0.4, -0.2) is 36.3 Å². The molecule has 0 unspecified atom stereocenters. The largest absolute Gasteiger partial charge is 0.323 e. The Balaban J connectivity index is 2.95. The summed E-state index contributed by atoms with van der Waals surface area (Å²) in [4.78, 5) is 10.6. The molecule has 0 fully saturated rings. The molecule has 0 spiro atoms. The van der Waals surface area contributed by atoms with Crippen LogP contribution < -0.4 is 11.1 Å². The standard InChI is InChI=1S/C6H14N2OS2/c7-5-6(9)11-4-2-8-1-3-10/h8,10H,1-5,7H2. The third-order valence-electron chi connectivity index (χ3n) is 0.997. The highest BCUT2D eigenvalue weighted by Crippen LogP contribution is 1.97. The highest BCUT2D eigenvalue weighted by molar-refractivity contribution is 8.13. The van der Waals surface area contributed by atoms with Crippen molar-refractivity contribution in [3.63, 3.8) is 0 Å². The fourth-order valence-electron chi connectivity index (χ4n) is 0.500. The second kappa shape index (κ2) is 8.39. The molecule has 0 saturated heterocycles. The minimum Gasteiger partial charge on any atom is -0.323 e. The third-order valence-corrected chi connectivity index (χ3v) is 2.12. The smallest absolute Gasteiger partial charge is 0.202 e. The SMILES string of the molecule is NCC(=O)SCCNCCS. The van der Waals surface area contributed by atoms with Crippen molar-refractivity contribution in [2.45, 2.75) is 0 Å². The summed E-state index contributed by atoms with van der Waals surface area (Å²) in [5.41, 5.74) is 5.11. The maximum atomic E-state index is 10.6. The van der Waals surface area contributed by atoms with Crippen molar-refractivity contribution < 1.29 is 4.79 Å². The Morgan fingerprint density at radius 1 is 1.55 bits per heavy atom. The Hall–Kier alpha value is 0.290. The first-order valence-electron chi connectivity index (χ1n) is 3.48. The normalized spacial score (nSPS) is 10.0. The van der Waals surface area contributed by atoms with E-state index in [0.717, 1.165) is 24.6 Å². The van der Waals surface area contributed by atoms with Gasteiger partial charge in [-0.25, -0.2) is 0 Å². The van der Waals surface area contributed by atoms with Crippen LogP contribution in [0.25, 0.3) is 0 Å². The lowest BCUT2D eigenvalue weighted by Gasteiger charge is -2.00. The van der Waals surface area contributed by atoms with E-state index in [0.29, 0.717) is 0 Å². The zero-order valence-corrected chi connectivity index (χ0v) is 8.09. The highest BCUT2D eigenvalue weighted by Gasteiger charge is 1.96. The van der Waals surface area contributed by atoms with Crippen LogP contribution in [0.2, 0.25) is 0 Å². The van der Waals surface area contributed by atoms with E-state index < -0.39 is 0 Å². The Bertz CT molecular complexity index is 111. The molecule has 0 aliphatic rings. The first-order chi connectivity index (χ1) is 5.31. The van der Waals surface area contributed by atoms with Crippen LogP contribution in [-0.2, 0) is 4.79 Å². The number of thioether (sulfide) groups is 1. The molecule has 0 radical (unpaired) electrons. The van der Waals surface area contributed by atoms with Gasteiger partial charge in [0.05, 0.1) is 6.54 Å². The Kier molecular flexibility index (Phi) is 8.61. The molecule has 11 heavy (non-hydrogen) atoms. The van der Waals surface area contributed by atoms with Gasteiger partial charge in [0.2, 0.25) is 5.12 Å². The number of nitrogens with two attached hydrogens (primary N) is 1. The van der Waals surface area contributed by atoms with E-state index in [1.165, 1.54) is 11.8 Å². The van der Waals surface area contributed by atoms with Crippen molar-refractivity contribution in [3.8, 4) is 0 Å². The molecule has 0 saturated carbocycles. The van der Waals surface area contributed by atoms with E-state index in [2.05, 4.69) is 17.9 Å². The van der Waals surface area contributed by atoms with Crippen LogP contribution in [0, 0.1) is 0 Å². The summed E-state index contributed by atoms with van der Waals surface area (Å²) >= 11 is 5.30. The van der Waals surface area contributed by atoms with Gasteiger partial charge in [-0.1, -0.05) is 11.8 Å². The highest BCUT2D eigenvalue weighted by atomic mass is 32.2. The molecule has 0 aromatic carbocycles. The molecule has 0 heterocycles. The Labute approximate surface area is 76.9 Å². The zero-order chi connectivity index (χ0) is 8.53. The van der Waals surface area contributed by atoms with Gasteiger partial charge in [-0.05, 0) is 0 Å². The van der Waals surface area contributed by atoms with Crippen molar-refractivity contribution in [1.29, 1.82) is 0 Å². The molecule has 0 aliphatic carbocycles. The summed E-state index contributed by atoms with van der Waals surface area (Å²) < 4.78 is 0. The topological polar surface area (TPSA) is 55.1 Å². The molecule has 0 rings (SSSR count). The van der Waals surface area contributed by atoms with E-state index in [4.69, 9.17) is 5.73 Å². The molecule has 3 N–H and O–H groups in total. The molecule has 5 heteroatoms. The molecule has 0 amide bonds. The first kappa shape index (κ1) is 11.3. The van der Waals surface area contributed by atoms with Crippen molar-refractivity contribution in [3.05, 3.63) is 0 Å². The van der Waals surface area contributed by atoms with Gasteiger partial charge in [0, 0.05) is 24.6 Å². The average Bonchev–Trinajstić information content (AvgIpc) is 2.04. The number of hydrogen-bond donors (Lipinski definition) is 3. The molecule has 0 atom stereocenters. The van der Waals surface area contributed by atoms with Gasteiger partial charge in [-0.3, -0.25) is 4.79 Å². The summed E-state index contributed by atoms with van der Waals surface area (Å²) in [6.07, 6.45) is 0. The predicted molar refractivity (Wildman–Crippen MR) is 53.2 cm³/mol. The molecule has 66 valence electrons. The number of rotatable bonds is 6. The van der Waals surface area contributed by atoms with E-state index in [1.807, 2.05) is 0 Å². The summed E-state index contributed by atoms with van der Waals surface area (Å²) in [5.74, 6) is 1.62. The number of thiol groups is 1. The van der Waals surface area contributed by atoms with E-state index in [-0.39, 0.29) is 11.7 Å². The summed E-state index contributed by atoms with van der Waals surface area (Å²) in [7, 11) is 0.